The van der Waals surface area contributed by atoms with E-state index in [1.165, 1.54) is 48.8 Å². The normalized spacial score (nSPS) is 18.3. The summed E-state index contributed by atoms with van der Waals surface area (Å²) in [6.07, 6.45) is 7.14. The van der Waals surface area contributed by atoms with Gasteiger partial charge in [-0.2, -0.15) is 0 Å². The zero-order valence-corrected chi connectivity index (χ0v) is 12.4. The van der Waals surface area contributed by atoms with Crippen LogP contribution in [0.3, 0.4) is 0 Å². The molecule has 1 atom stereocenters. The molecule has 0 saturated carbocycles. The highest BCUT2D eigenvalue weighted by atomic mass is 32.1. The summed E-state index contributed by atoms with van der Waals surface area (Å²) in [7, 11) is 0. The van der Waals surface area contributed by atoms with Crippen molar-refractivity contribution in [3.63, 3.8) is 0 Å². The number of nitrogens with zero attached hydrogens (tertiary/aromatic N) is 2. The maximum absolute atomic E-state index is 4.49. The van der Waals surface area contributed by atoms with Crippen molar-refractivity contribution in [3.8, 4) is 0 Å². The largest absolute Gasteiger partial charge is 0.308 e. The molecule has 1 aliphatic heterocycles. The van der Waals surface area contributed by atoms with Gasteiger partial charge in [0.05, 0.1) is 6.04 Å². The number of aromatic nitrogens is 1. The molecule has 0 bridgehead atoms. The van der Waals surface area contributed by atoms with Crippen LogP contribution in [0.5, 0.6) is 0 Å². The zero-order valence-electron chi connectivity index (χ0n) is 11.6. The lowest BCUT2D eigenvalue weighted by atomic mass is 10.3. The highest BCUT2D eigenvalue weighted by Crippen LogP contribution is 2.20. The highest BCUT2D eigenvalue weighted by molar-refractivity contribution is 7.11. The van der Waals surface area contributed by atoms with Crippen molar-refractivity contribution in [3.05, 3.63) is 16.1 Å². The Morgan fingerprint density at radius 3 is 2.89 bits per heavy atom. The summed E-state index contributed by atoms with van der Waals surface area (Å²) in [5, 5.41) is 4.81. The molecule has 1 aromatic heterocycles. The molecule has 0 radical (unpaired) electrons. The second-order valence-electron chi connectivity index (χ2n) is 5.10. The summed E-state index contributed by atoms with van der Waals surface area (Å²) in [5.41, 5.74) is 0. The van der Waals surface area contributed by atoms with Crippen molar-refractivity contribution >= 4 is 11.3 Å². The zero-order chi connectivity index (χ0) is 12.8. The first-order chi connectivity index (χ1) is 8.79. The van der Waals surface area contributed by atoms with Gasteiger partial charge in [0.25, 0.3) is 0 Å². The van der Waals surface area contributed by atoms with E-state index in [1.807, 2.05) is 17.5 Å². The average molecular weight is 267 g/mol. The fourth-order valence-corrected chi connectivity index (χ4v) is 3.28. The lowest BCUT2D eigenvalue weighted by molar-refractivity contribution is 0.328. The van der Waals surface area contributed by atoms with E-state index >= 15 is 0 Å². The lowest BCUT2D eigenvalue weighted by Crippen LogP contribution is -2.26. The molecule has 0 spiro atoms. The Labute approximate surface area is 115 Å². The van der Waals surface area contributed by atoms with Crippen LogP contribution in [-0.4, -0.2) is 36.1 Å². The van der Waals surface area contributed by atoms with Crippen molar-refractivity contribution in [2.75, 3.05) is 26.2 Å². The molecule has 1 aromatic rings. The van der Waals surface area contributed by atoms with Crippen LogP contribution < -0.4 is 5.32 Å². The molecule has 0 aromatic carbocycles. The van der Waals surface area contributed by atoms with Gasteiger partial charge < -0.3 is 10.2 Å². The third kappa shape index (κ3) is 4.04. The van der Waals surface area contributed by atoms with Crippen LogP contribution in [0.4, 0.5) is 0 Å². The minimum atomic E-state index is 0.397. The van der Waals surface area contributed by atoms with E-state index in [2.05, 4.69) is 29.0 Å². The monoisotopic (exact) mass is 267 g/mol. The van der Waals surface area contributed by atoms with Crippen molar-refractivity contribution in [1.29, 1.82) is 0 Å². The summed E-state index contributed by atoms with van der Waals surface area (Å²) in [6, 6.07) is 0.397. The minimum Gasteiger partial charge on any atom is -0.308 e. The van der Waals surface area contributed by atoms with E-state index in [1.54, 1.807) is 0 Å². The fourth-order valence-electron chi connectivity index (χ4n) is 2.40. The van der Waals surface area contributed by atoms with Gasteiger partial charge in [0.2, 0.25) is 0 Å². The summed E-state index contributed by atoms with van der Waals surface area (Å²) in [6.45, 7) is 9.36. The number of likely N-dealkylation sites (tertiary alicyclic amines) is 1. The van der Waals surface area contributed by atoms with Crippen molar-refractivity contribution in [2.24, 2.45) is 0 Å². The standard InChI is InChI=1S/C14H25N3S/c1-3-13-11-16-14(18-13)12(2)15-7-6-10-17-8-4-5-9-17/h11-12,15H,3-10H2,1-2H3. The molecule has 1 N–H and O–H groups in total. The number of hydrogen-bond donors (Lipinski definition) is 1. The smallest absolute Gasteiger partial charge is 0.109 e. The Balaban J connectivity index is 1.63. The Morgan fingerprint density at radius 2 is 2.22 bits per heavy atom. The second-order valence-corrected chi connectivity index (χ2v) is 6.24. The van der Waals surface area contributed by atoms with E-state index in [4.69, 9.17) is 0 Å². The third-order valence-corrected chi connectivity index (χ3v) is 4.92. The van der Waals surface area contributed by atoms with E-state index in [9.17, 15) is 0 Å². The number of aryl methyl sites for hydroxylation is 1. The Bertz CT molecular complexity index is 345. The van der Waals surface area contributed by atoms with Gasteiger partial charge in [-0.25, -0.2) is 4.98 Å². The Kier molecular flexibility index (Phi) is 5.60. The molecule has 2 rings (SSSR count). The van der Waals surface area contributed by atoms with Crippen LogP contribution in [-0.2, 0) is 6.42 Å². The maximum Gasteiger partial charge on any atom is 0.109 e. The maximum atomic E-state index is 4.49. The van der Waals surface area contributed by atoms with E-state index in [-0.39, 0.29) is 0 Å². The van der Waals surface area contributed by atoms with Crippen molar-refractivity contribution in [1.82, 2.24) is 15.2 Å². The highest BCUT2D eigenvalue weighted by Gasteiger charge is 2.12. The predicted molar refractivity (Wildman–Crippen MR) is 78.2 cm³/mol. The van der Waals surface area contributed by atoms with Crippen molar-refractivity contribution in [2.45, 2.75) is 45.6 Å². The topological polar surface area (TPSA) is 28.2 Å². The summed E-state index contributed by atoms with van der Waals surface area (Å²) in [5.74, 6) is 0. The molecule has 2 heterocycles. The van der Waals surface area contributed by atoms with Gasteiger partial charge in [0.1, 0.15) is 5.01 Å². The molecule has 102 valence electrons. The SMILES string of the molecule is CCc1cnc(C(C)NCCCN2CCCC2)s1. The van der Waals surface area contributed by atoms with Gasteiger partial charge in [-0.15, -0.1) is 11.3 Å². The molecule has 4 heteroatoms. The number of rotatable bonds is 7. The molecule has 1 saturated heterocycles. The summed E-state index contributed by atoms with van der Waals surface area (Å²) in [4.78, 5) is 8.45. The Hall–Kier alpha value is -0.450. The van der Waals surface area contributed by atoms with E-state index < -0.39 is 0 Å². The fraction of sp³-hybridized carbons (Fsp3) is 0.786. The van der Waals surface area contributed by atoms with Crippen LogP contribution in [0.2, 0.25) is 0 Å². The first-order valence-corrected chi connectivity index (χ1v) is 8.01. The average Bonchev–Trinajstić information content (AvgIpc) is 3.05. The first kappa shape index (κ1) is 14.0. The number of hydrogen-bond acceptors (Lipinski definition) is 4. The van der Waals surface area contributed by atoms with Gasteiger partial charge in [-0.1, -0.05) is 6.92 Å². The molecule has 0 amide bonds. The number of thiazole rings is 1. The number of nitrogens with one attached hydrogen (secondary N) is 1. The van der Waals surface area contributed by atoms with Crippen LogP contribution in [0.15, 0.2) is 6.20 Å². The van der Waals surface area contributed by atoms with E-state index in [0.29, 0.717) is 6.04 Å². The lowest BCUT2D eigenvalue weighted by Gasteiger charge is -2.16. The molecular formula is C14H25N3S. The van der Waals surface area contributed by atoms with Gasteiger partial charge >= 0.3 is 0 Å². The first-order valence-electron chi connectivity index (χ1n) is 7.20. The van der Waals surface area contributed by atoms with Gasteiger partial charge in [-0.05, 0) is 58.8 Å². The van der Waals surface area contributed by atoms with Crippen LogP contribution in [0.1, 0.15) is 49.0 Å². The summed E-state index contributed by atoms with van der Waals surface area (Å²) < 4.78 is 0. The molecule has 1 aliphatic rings. The van der Waals surface area contributed by atoms with Crippen LogP contribution >= 0.6 is 11.3 Å². The van der Waals surface area contributed by atoms with E-state index in [0.717, 1.165) is 13.0 Å². The van der Waals surface area contributed by atoms with Gasteiger partial charge in [0, 0.05) is 11.1 Å². The van der Waals surface area contributed by atoms with Crippen LogP contribution in [0.25, 0.3) is 0 Å². The third-order valence-electron chi connectivity index (χ3n) is 3.59. The molecule has 3 nitrogen and oxygen atoms in total. The predicted octanol–water partition coefficient (Wildman–Crippen LogP) is 2.84. The molecule has 1 fully saturated rings. The van der Waals surface area contributed by atoms with Gasteiger partial charge in [0.15, 0.2) is 0 Å². The summed E-state index contributed by atoms with van der Waals surface area (Å²) >= 11 is 1.84. The molecule has 0 aliphatic carbocycles. The van der Waals surface area contributed by atoms with Crippen LogP contribution in [0, 0.1) is 0 Å². The molecule has 18 heavy (non-hydrogen) atoms. The van der Waals surface area contributed by atoms with Gasteiger partial charge in [-0.3, -0.25) is 0 Å². The molecule has 1 unspecified atom stereocenters. The second kappa shape index (κ2) is 7.22. The van der Waals surface area contributed by atoms with Crippen molar-refractivity contribution < 1.29 is 0 Å². The Morgan fingerprint density at radius 1 is 1.44 bits per heavy atom. The minimum absolute atomic E-state index is 0.397. The quantitative estimate of drug-likeness (QED) is 0.770. The molecular weight excluding hydrogens is 242 g/mol.